The predicted molar refractivity (Wildman–Crippen MR) is 63.1 cm³/mol. The number of rotatable bonds is 3. The van der Waals surface area contributed by atoms with Crippen molar-refractivity contribution in [1.29, 1.82) is 5.26 Å². The summed E-state index contributed by atoms with van der Waals surface area (Å²) in [7, 11) is 0. The van der Waals surface area contributed by atoms with Gasteiger partial charge in [0.25, 0.3) is 0 Å². The molecule has 0 radical (unpaired) electrons. The number of aliphatic hydroxyl groups excluding tert-OH is 1. The molecule has 0 atom stereocenters. The lowest BCUT2D eigenvalue weighted by Gasteiger charge is -2.30. The van der Waals surface area contributed by atoms with E-state index in [2.05, 4.69) is 22.0 Å². The van der Waals surface area contributed by atoms with Crippen LogP contribution in [-0.4, -0.2) is 17.8 Å². The van der Waals surface area contributed by atoms with Crippen LogP contribution in [0.2, 0.25) is 0 Å². The summed E-state index contributed by atoms with van der Waals surface area (Å²) in [6.45, 7) is 0.615. The van der Waals surface area contributed by atoms with Crippen molar-refractivity contribution in [2.75, 3.05) is 6.61 Å². The van der Waals surface area contributed by atoms with E-state index in [0.29, 0.717) is 23.8 Å². The molecule has 1 aromatic carbocycles. The topological polar surface area (TPSA) is 53.2 Å². The minimum absolute atomic E-state index is 0.145. The zero-order valence-electron chi connectivity index (χ0n) is 8.69. The summed E-state index contributed by atoms with van der Waals surface area (Å²) in [6.07, 6.45) is 1.50. The maximum absolute atomic E-state index is 9.13. The predicted octanol–water partition coefficient (Wildman–Crippen LogP) is 2.47. The molecule has 84 valence electrons. The lowest BCUT2D eigenvalue weighted by molar-refractivity contribution is 0.0203. The molecule has 0 aliphatic heterocycles. The fourth-order valence-corrected chi connectivity index (χ4v) is 2.07. The van der Waals surface area contributed by atoms with Crippen LogP contribution in [0.1, 0.15) is 18.4 Å². The Morgan fingerprint density at radius 3 is 2.88 bits per heavy atom. The van der Waals surface area contributed by atoms with E-state index in [1.54, 1.807) is 6.07 Å². The van der Waals surface area contributed by atoms with Crippen LogP contribution < -0.4 is 4.74 Å². The third-order valence-corrected chi connectivity index (χ3v) is 3.45. The Hall–Kier alpha value is -1.05. The van der Waals surface area contributed by atoms with Crippen LogP contribution in [-0.2, 0) is 0 Å². The summed E-state index contributed by atoms with van der Waals surface area (Å²) in [5, 5.41) is 18.0. The van der Waals surface area contributed by atoms with E-state index in [1.165, 1.54) is 0 Å². The molecule has 1 fully saturated rings. The molecule has 1 N–H and O–H groups in total. The van der Waals surface area contributed by atoms with Crippen molar-refractivity contribution in [3.05, 3.63) is 28.2 Å². The highest BCUT2D eigenvalue weighted by Crippen LogP contribution is 2.28. The van der Waals surface area contributed by atoms with Gasteiger partial charge < -0.3 is 9.84 Å². The van der Waals surface area contributed by atoms with Gasteiger partial charge in [-0.1, -0.05) is 0 Å². The molecule has 4 heteroatoms. The summed E-state index contributed by atoms with van der Waals surface area (Å²) >= 11 is 3.29. The lowest BCUT2D eigenvalue weighted by Crippen LogP contribution is -2.32. The second-order valence-electron chi connectivity index (χ2n) is 4.06. The van der Waals surface area contributed by atoms with Crippen LogP contribution in [0.3, 0.4) is 0 Å². The highest BCUT2D eigenvalue weighted by atomic mass is 79.9. The smallest absolute Gasteiger partial charge is 0.120 e. The fraction of sp³-hybridized carbons (Fsp3) is 0.417. The van der Waals surface area contributed by atoms with Crippen molar-refractivity contribution in [2.45, 2.75) is 18.9 Å². The Bertz CT molecular complexity index is 422. The molecule has 0 bridgehead atoms. The molecule has 0 aromatic heterocycles. The largest absolute Gasteiger partial charge is 0.493 e. The summed E-state index contributed by atoms with van der Waals surface area (Å²) in [5.41, 5.74) is 0.575. The van der Waals surface area contributed by atoms with Gasteiger partial charge in [-0.2, -0.15) is 5.26 Å². The number of halogens is 1. The number of hydrogen-bond acceptors (Lipinski definition) is 3. The third-order valence-electron chi connectivity index (χ3n) is 2.75. The molecule has 0 heterocycles. The zero-order chi connectivity index (χ0) is 11.5. The Kier molecular flexibility index (Phi) is 3.47. The first-order valence-electron chi connectivity index (χ1n) is 5.19. The first kappa shape index (κ1) is 11.4. The van der Waals surface area contributed by atoms with Crippen LogP contribution in [0.5, 0.6) is 5.75 Å². The summed E-state index contributed by atoms with van der Waals surface area (Å²) in [5.74, 6) is 1.16. The molecule has 1 saturated carbocycles. The summed E-state index contributed by atoms with van der Waals surface area (Å²) in [4.78, 5) is 0. The van der Waals surface area contributed by atoms with Gasteiger partial charge in [-0.3, -0.25) is 0 Å². The number of nitrogens with zero attached hydrogens (tertiary/aromatic N) is 1. The maximum atomic E-state index is 9.13. The van der Waals surface area contributed by atoms with Crippen LogP contribution in [0.25, 0.3) is 0 Å². The van der Waals surface area contributed by atoms with Gasteiger partial charge in [0.2, 0.25) is 0 Å². The van der Waals surface area contributed by atoms with E-state index in [0.717, 1.165) is 17.3 Å². The van der Waals surface area contributed by atoms with Gasteiger partial charge in [0.1, 0.15) is 11.8 Å². The molecule has 0 unspecified atom stereocenters. The van der Waals surface area contributed by atoms with E-state index < -0.39 is 0 Å². The molecule has 1 aromatic rings. The summed E-state index contributed by atoms with van der Waals surface area (Å²) < 4.78 is 6.35. The first-order chi connectivity index (χ1) is 7.69. The monoisotopic (exact) mass is 281 g/mol. The summed E-state index contributed by atoms with van der Waals surface area (Å²) in [6, 6.07) is 7.46. The Labute approximate surface area is 103 Å². The average Bonchev–Trinajstić information content (AvgIpc) is 2.24. The number of hydrogen-bond donors (Lipinski definition) is 1. The normalized spacial score (nSPS) is 23.3. The van der Waals surface area contributed by atoms with Gasteiger partial charge in [-0.15, -0.1) is 0 Å². The quantitative estimate of drug-likeness (QED) is 0.926. The molecule has 0 saturated heterocycles. The minimum Gasteiger partial charge on any atom is -0.493 e. The first-order valence-corrected chi connectivity index (χ1v) is 5.99. The Balaban J connectivity index is 1.92. The number of aliphatic hydroxyl groups is 1. The van der Waals surface area contributed by atoms with Crippen molar-refractivity contribution in [2.24, 2.45) is 5.92 Å². The van der Waals surface area contributed by atoms with E-state index >= 15 is 0 Å². The minimum atomic E-state index is -0.145. The molecule has 2 rings (SSSR count). The van der Waals surface area contributed by atoms with Crippen molar-refractivity contribution < 1.29 is 9.84 Å². The standard InChI is InChI=1S/C12H12BrNO2/c13-12-2-1-11(5-9(12)6-14)16-7-8-3-10(15)4-8/h1-2,5,8,10,15H,3-4,7H2. The van der Waals surface area contributed by atoms with Crippen LogP contribution in [0.4, 0.5) is 0 Å². The van der Waals surface area contributed by atoms with Gasteiger partial charge in [0.05, 0.1) is 18.3 Å². The van der Waals surface area contributed by atoms with Crippen LogP contribution >= 0.6 is 15.9 Å². The zero-order valence-corrected chi connectivity index (χ0v) is 10.3. The molecular weight excluding hydrogens is 270 g/mol. The second-order valence-corrected chi connectivity index (χ2v) is 4.91. The van der Waals surface area contributed by atoms with Gasteiger partial charge in [0.15, 0.2) is 0 Å². The van der Waals surface area contributed by atoms with E-state index in [1.807, 2.05) is 12.1 Å². The molecule has 0 amide bonds. The van der Waals surface area contributed by atoms with E-state index in [4.69, 9.17) is 15.1 Å². The molecule has 16 heavy (non-hydrogen) atoms. The van der Waals surface area contributed by atoms with Crippen molar-refractivity contribution in [3.63, 3.8) is 0 Å². The number of ether oxygens (including phenoxy) is 1. The average molecular weight is 282 g/mol. The van der Waals surface area contributed by atoms with Gasteiger partial charge in [-0.05, 0) is 52.9 Å². The molecule has 1 aliphatic carbocycles. The van der Waals surface area contributed by atoms with Crippen molar-refractivity contribution >= 4 is 15.9 Å². The van der Waals surface area contributed by atoms with Gasteiger partial charge in [-0.25, -0.2) is 0 Å². The molecule has 1 aliphatic rings. The SMILES string of the molecule is N#Cc1cc(OCC2CC(O)C2)ccc1Br. The lowest BCUT2D eigenvalue weighted by atomic mass is 9.83. The van der Waals surface area contributed by atoms with Gasteiger partial charge >= 0.3 is 0 Å². The molecule has 3 nitrogen and oxygen atoms in total. The molecule has 0 spiro atoms. The molecular formula is C12H12BrNO2. The Morgan fingerprint density at radius 2 is 2.25 bits per heavy atom. The van der Waals surface area contributed by atoms with Crippen LogP contribution in [0.15, 0.2) is 22.7 Å². The number of benzene rings is 1. The number of nitriles is 1. The Morgan fingerprint density at radius 1 is 1.50 bits per heavy atom. The van der Waals surface area contributed by atoms with Gasteiger partial charge in [0, 0.05) is 4.47 Å². The maximum Gasteiger partial charge on any atom is 0.120 e. The van der Waals surface area contributed by atoms with E-state index in [-0.39, 0.29) is 6.10 Å². The third kappa shape index (κ3) is 2.55. The van der Waals surface area contributed by atoms with Crippen molar-refractivity contribution in [3.8, 4) is 11.8 Å². The van der Waals surface area contributed by atoms with Crippen molar-refractivity contribution in [1.82, 2.24) is 0 Å². The second kappa shape index (κ2) is 4.86. The van der Waals surface area contributed by atoms with Crippen LogP contribution in [0, 0.1) is 17.2 Å². The highest BCUT2D eigenvalue weighted by molar-refractivity contribution is 9.10. The highest BCUT2D eigenvalue weighted by Gasteiger charge is 2.27. The fourth-order valence-electron chi connectivity index (χ4n) is 1.73. The van der Waals surface area contributed by atoms with E-state index in [9.17, 15) is 0 Å².